The predicted octanol–water partition coefficient (Wildman–Crippen LogP) is 5.28. The molecule has 0 fully saturated rings. The van der Waals surface area contributed by atoms with E-state index in [4.69, 9.17) is 11.6 Å². The van der Waals surface area contributed by atoms with Gasteiger partial charge >= 0.3 is 0 Å². The second-order valence-corrected chi connectivity index (χ2v) is 9.41. The van der Waals surface area contributed by atoms with Gasteiger partial charge in [0.2, 0.25) is 0 Å². The van der Waals surface area contributed by atoms with Gasteiger partial charge in [-0.25, -0.2) is 0 Å². The molecule has 1 aliphatic heterocycles. The quantitative estimate of drug-likeness (QED) is 0.537. The Balaban J connectivity index is 1.59. The monoisotopic (exact) mass is 495 g/mol. The van der Waals surface area contributed by atoms with Crippen molar-refractivity contribution in [2.45, 2.75) is 25.0 Å². The van der Waals surface area contributed by atoms with Crippen LogP contribution in [0, 0.1) is 5.92 Å². The first-order chi connectivity index (χ1) is 14.9. The van der Waals surface area contributed by atoms with Gasteiger partial charge in [-0.05, 0) is 54.3 Å². The summed E-state index contributed by atoms with van der Waals surface area (Å²) in [5.41, 5.74) is 1.63. The SMILES string of the molecule is O=C1c2ccccc2CCC1C1(O)C(=O)N(Cc2ccc(Cl)cc2)c2ccc(Br)cc21. The van der Waals surface area contributed by atoms with E-state index in [1.807, 2.05) is 42.5 Å². The van der Waals surface area contributed by atoms with E-state index in [9.17, 15) is 14.7 Å². The van der Waals surface area contributed by atoms with Gasteiger partial charge in [0.05, 0.1) is 18.2 Å². The minimum atomic E-state index is -1.91. The van der Waals surface area contributed by atoms with Crippen LogP contribution in [0.2, 0.25) is 5.02 Å². The van der Waals surface area contributed by atoms with E-state index in [0.717, 1.165) is 15.6 Å². The number of halogens is 2. The molecule has 3 aromatic carbocycles. The number of anilines is 1. The highest BCUT2D eigenvalue weighted by molar-refractivity contribution is 9.10. The minimum absolute atomic E-state index is 0.183. The summed E-state index contributed by atoms with van der Waals surface area (Å²) in [7, 11) is 0. The van der Waals surface area contributed by atoms with Crippen LogP contribution >= 0.6 is 27.5 Å². The Morgan fingerprint density at radius 1 is 1.06 bits per heavy atom. The highest BCUT2D eigenvalue weighted by Gasteiger charge is 2.57. The standard InChI is InChI=1S/C25H19BrClNO3/c26-17-8-12-22-21(13-17)25(31,20-11-7-16-3-1-2-4-19(16)23(20)29)24(30)28(22)14-15-5-9-18(27)10-6-15/h1-6,8-10,12-13,20,31H,7,11,14H2. The lowest BCUT2D eigenvalue weighted by Gasteiger charge is -2.34. The topological polar surface area (TPSA) is 57.6 Å². The number of benzene rings is 3. The number of ketones is 1. The lowest BCUT2D eigenvalue weighted by Crippen LogP contribution is -2.49. The van der Waals surface area contributed by atoms with Gasteiger partial charge in [-0.2, -0.15) is 0 Å². The molecule has 4 nitrogen and oxygen atoms in total. The van der Waals surface area contributed by atoms with Gasteiger partial charge in [-0.1, -0.05) is 63.9 Å². The fourth-order valence-corrected chi connectivity index (χ4v) is 5.23. The lowest BCUT2D eigenvalue weighted by atomic mass is 9.71. The Bertz CT molecular complexity index is 1210. The van der Waals surface area contributed by atoms with Crippen LogP contribution in [-0.2, 0) is 23.4 Å². The summed E-state index contributed by atoms with van der Waals surface area (Å²) in [5.74, 6) is -1.48. The van der Waals surface area contributed by atoms with E-state index in [-0.39, 0.29) is 12.3 Å². The fraction of sp³-hybridized carbons (Fsp3) is 0.200. The van der Waals surface area contributed by atoms with Crippen LogP contribution in [0.25, 0.3) is 0 Å². The summed E-state index contributed by atoms with van der Waals surface area (Å²) in [6, 6.07) is 20.1. The molecule has 0 saturated heterocycles. The van der Waals surface area contributed by atoms with Crippen LogP contribution in [0.1, 0.15) is 33.5 Å². The highest BCUT2D eigenvalue weighted by Crippen LogP contribution is 2.49. The molecule has 2 unspecified atom stereocenters. The zero-order valence-corrected chi connectivity index (χ0v) is 18.9. The maximum atomic E-state index is 13.7. The average molecular weight is 497 g/mol. The minimum Gasteiger partial charge on any atom is -0.375 e. The molecular formula is C25H19BrClNO3. The number of hydrogen-bond donors (Lipinski definition) is 1. The van der Waals surface area contributed by atoms with Crippen molar-refractivity contribution in [3.05, 3.63) is 98.5 Å². The number of aryl methyl sites for hydroxylation is 1. The second kappa shape index (κ2) is 7.59. The maximum absolute atomic E-state index is 13.7. The van der Waals surface area contributed by atoms with E-state index >= 15 is 0 Å². The van der Waals surface area contributed by atoms with Gasteiger partial charge in [0.25, 0.3) is 5.91 Å². The number of fused-ring (bicyclic) bond motifs is 2. The first-order valence-electron chi connectivity index (χ1n) is 10.1. The molecule has 1 N–H and O–H groups in total. The molecule has 1 aliphatic carbocycles. The Hall–Kier alpha value is -2.47. The molecule has 6 heteroatoms. The predicted molar refractivity (Wildman–Crippen MR) is 123 cm³/mol. The van der Waals surface area contributed by atoms with Crippen LogP contribution in [0.15, 0.2) is 71.2 Å². The van der Waals surface area contributed by atoms with Gasteiger partial charge in [0.15, 0.2) is 11.4 Å². The van der Waals surface area contributed by atoms with Crippen LogP contribution in [0.3, 0.4) is 0 Å². The summed E-state index contributed by atoms with van der Waals surface area (Å²) in [6.45, 7) is 0.282. The van der Waals surface area contributed by atoms with E-state index < -0.39 is 17.4 Å². The van der Waals surface area contributed by atoms with Crippen molar-refractivity contribution in [2.24, 2.45) is 5.92 Å². The Morgan fingerprint density at radius 3 is 2.58 bits per heavy atom. The number of nitrogens with zero attached hydrogens (tertiary/aromatic N) is 1. The van der Waals surface area contributed by atoms with Crippen molar-refractivity contribution in [1.29, 1.82) is 0 Å². The Labute approximate surface area is 193 Å². The Kier molecular flexibility index (Phi) is 5.00. The van der Waals surface area contributed by atoms with Crippen molar-refractivity contribution < 1.29 is 14.7 Å². The third-order valence-corrected chi connectivity index (χ3v) is 7.04. The van der Waals surface area contributed by atoms with Crippen molar-refractivity contribution in [3.63, 3.8) is 0 Å². The molecule has 156 valence electrons. The molecule has 0 bridgehead atoms. The van der Waals surface area contributed by atoms with Gasteiger partial charge in [-0.3, -0.25) is 9.59 Å². The number of rotatable bonds is 3. The maximum Gasteiger partial charge on any atom is 0.264 e. The fourth-order valence-electron chi connectivity index (χ4n) is 4.74. The Morgan fingerprint density at radius 2 is 1.81 bits per heavy atom. The smallest absolute Gasteiger partial charge is 0.264 e. The van der Waals surface area contributed by atoms with E-state index in [0.29, 0.717) is 34.7 Å². The first-order valence-corrected chi connectivity index (χ1v) is 11.3. The zero-order chi connectivity index (χ0) is 21.8. The summed E-state index contributed by atoms with van der Waals surface area (Å²) in [4.78, 5) is 28.7. The molecule has 3 aromatic rings. The largest absolute Gasteiger partial charge is 0.375 e. The van der Waals surface area contributed by atoms with Crippen molar-refractivity contribution in [3.8, 4) is 0 Å². The molecule has 1 heterocycles. The number of carbonyl (C=O) groups is 2. The van der Waals surface area contributed by atoms with Crippen molar-refractivity contribution in [2.75, 3.05) is 4.90 Å². The van der Waals surface area contributed by atoms with E-state index in [1.165, 1.54) is 0 Å². The molecule has 31 heavy (non-hydrogen) atoms. The van der Waals surface area contributed by atoms with E-state index in [2.05, 4.69) is 15.9 Å². The molecule has 2 aliphatic rings. The molecule has 0 spiro atoms. The number of hydrogen-bond acceptors (Lipinski definition) is 3. The van der Waals surface area contributed by atoms with Crippen LogP contribution in [-0.4, -0.2) is 16.8 Å². The van der Waals surface area contributed by atoms with Crippen LogP contribution in [0.5, 0.6) is 0 Å². The molecule has 0 aromatic heterocycles. The van der Waals surface area contributed by atoms with Gasteiger partial charge in [0, 0.05) is 20.6 Å². The third kappa shape index (κ3) is 3.23. The molecular weight excluding hydrogens is 478 g/mol. The summed E-state index contributed by atoms with van der Waals surface area (Å²) in [6.07, 6.45) is 1.06. The van der Waals surface area contributed by atoms with Gasteiger partial charge in [-0.15, -0.1) is 0 Å². The second-order valence-electron chi connectivity index (χ2n) is 8.06. The highest BCUT2D eigenvalue weighted by atomic mass is 79.9. The van der Waals surface area contributed by atoms with Crippen molar-refractivity contribution in [1.82, 2.24) is 0 Å². The molecule has 5 rings (SSSR count). The number of carbonyl (C=O) groups excluding carboxylic acids is 2. The van der Waals surface area contributed by atoms with Crippen LogP contribution in [0.4, 0.5) is 5.69 Å². The number of Topliss-reactive ketones (excluding diaryl/α,β-unsaturated/α-hetero) is 1. The lowest BCUT2D eigenvalue weighted by molar-refractivity contribution is -0.140. The summed E-state index contributed by atoms with van der Waals surface area (Å²) < 4.78 is 0.745. The average Bonchev–Trinajstić information content (AvgIpc) is 2.98. The van der Waals surface area contributed by atoms with Crippen molar-refractivity contribution >= 4 is 44.9 Å². The molecule has 0 saturated carbocycles. The van der Waals surface area contributed by atoms with Crippen LogP contribution < -0.4 is 4.90 Å². The zero-order valence-electron chi connectivity index (χ0n) is 16.5. The molecule has 2 atom stereocenters. The normalized spacial score (nSPS) is 22.4. The third-order valence-electron chi connectivity index (χ3n) is 6.29. The number of amides is 1. The molecule has 1 amide bonds. The van der Waals surface area contributed by atoms with E-state index in [1.54, 1.807) is 29.2 Å². The molecule has 0 radical (unpaired) electrons. The van der Waals surface area contributed by atoms with Gasteiger partial charge in [0.1, 0.15) is 0 Å². The number of aliphatic hydroxyl groups is 1. The summed E-state index contributed by atoms with van der Waals surface area (Å²) >= 11 is 9.45. The summed E-state index contributed by atoms with van der Waals surface area (Å²) in [5, 5.41) is 12.5. The first kappa shape index (κ1) is 20.4. The van der Waals surface area contributed by atoms with Gasteiger partial charge < -0.3 is 10.0 Å².